The molecule has 35 heavy (non-hydrogen) atoms. The minimum absolute atomic E-state index is 0. The second-order valence-corrected chi connectivity index (χ2v) is 10.6. The maximum Gasteiger partial charge on any atom is 0.416 e. The highest BCUT2D eigenvalue weighted by Crippen LogP contribution is 2.56. The molecule has 4 aliphatic rings. The summed E-state index contributed by atoms with van der Waals surface area (Å²) in [5.74, 6) is -0.495. The predicted octanol–water partition coefficient (Wildman–Crippen LogP) is 4.53. The number of hydrogen-bond donors (Lipinski definition) is 1. The van der Waals surface area contributed by atoms with E-state index in [1.54, 1.807) is 6.07 Å². The number of halogens is 4. The lowest BCUT2D eigenvalue weighted by Crippen LogP contribution is -2.55. The molecule has 0 aromatic heterocycles. The molecule has 2 aliphatic heterocycles. The van der Waals surface area contributed by atoms with Gasteiger partial charge in [-0.1, -0.05) is 31.6 Å². The van der Waals surface area contributed by atoms with E-state index in [4.69, 9.17) is 4.74 Å². The summed E-state index contributed by atoms with van der Waals surface area (Å²) in [6.45, 7) is 7.30. The first-order valence-corrected chi connectivity index (χ1v) is 12.3. The van der Waals surface area contributed by atoms with Gasteiger partial charge in [-0.15, -0.1) is 12.4 Å². The van der Waals surface area contributed by atoms with Crippen LogP contribution in [-0.4, -0.2) is 60.9 Å². The number of ether oxygens (including phenoxy) is 1. The quantitative estimate of drug-likeness (QED) is 0.474. The number of hydrogen-bond acceptors (Lipinski definition) is 5. The van der Waals surface area contributed by atoms with Crippen LogP contribution in [0, 0.1) is 23.2 Å². The topological polar surface area (TPSA) is 53.0 Å². The van der Waals surface area contributed by atoms with Crippen molar-refractivity contribution in [2.24, 2.45) is 23.2 Å². The lowest BCUT2D eigenvalue weighted by Gasteiger charge is -2.52. The standard InChI is InChI=1S/C26H33F3N2O3.ClH/c1-16-5-3-6-17-14-21-22(23(32)25(16,17)2)20(24(33)34-21)15-30-9-11-31(12-10-30)19-8-4-7-18(13-19)26(27,28)29;/h4,6-8,13,16,20-23,32H,3,5,9-12,14-15H2,1-2H3;1H/t16-,20?,21+,22+,23-,25+;/m0./s1. The third-order valence-electron chi connectivity index (χ3n) is 8.94. The third-order valence-corrected chi connectivity index (χ3v) is 8.94. The first-order chi connectivity index (χ1) is 16.1. The summed E-state index contributed by atoms with van der Waals surface area (Å²) in [6, 6.07) is 5.44. The van der Waals surface area contributed by atoms with Gasteiger partial charge in [0.1, 0.15) is 6.10 Å². The molecule has 0 bridgehead atoms. The molecule has 5 rings (SSSR count). The second-order valence-electron chi connectivity index (χ2n) is 10.6. The number of benzene rings is 1. The Morgan fingerprint density at radius 1 is 1.20 bits per heavy atom. The summed E-state index contributed by atoms with van der Waals surface area (Å²) in [4.78, 5) is 17.0. The lowest BCUT2D eigenvalue weighted by molar-refractivity contribution is -0.145. The molecule has 3 fully saturated rings. The number of allylic oxidation sites excluding steroid dienone is 1. The van der Waals surface area contributed by atoms with Crippen LogP contribution in [0.5, 0.6) is 0 Å². The number of fused-ring (bicyclic) bond motifs is 2. The molecule has 0 amide bonds. The Balaban J connectivity index is 0.00000289. The minimum Gasteiger partial charge on any atom is -0.461 e. The van der Waals surface area contributed by atoms with Gasteiger partial charge >= 0.3 is 12.1 Å². The van der Waals surface area contributed by atoms with E-state index >= 15 is 0 Å². The molecule has 2 saturated heterocycles. The fourth-order valence-electron chi connectivity index (χ4n) is 6.62. The number of aliphatic hydroxyl groups is 1. The normalized spacial score (nSPS) is 35.5. The Bertz CT molecular complexity index is 979. The molecule has 1 saturated carbocycles. The van der Waals surface area contributed by atoms with Crippen LogP contribution in [0.3, 0.4) is 0 Å². The van der Waals surface area contributed by atoms with Gasteiger partial charge < -0.3 is 14.7 Å². The average Bonchev–Trinajstić information content (AvgIpc) is 3.11. The number of carbonyl (C=O) groups is 1. The first-order valence-electron chi connectivity index (χ1n) is 12.3. The first kappa shape index (κ1) is 26.3. The molecule has 0 radical (unpaired) electrons. The van der Waals surface area contributed by atoms with E-state index in [1.165, 1.54) is 17.7 Å². The molecule has 1 aromatic carbocycles. The highest BCUT2D eigenvalue weighted by Gasteiger charge is 2.59. The maximum absolute atomic E-state index is 13.1. The van der Waals surface area contributed by atoms with Gasteiger partial charge in [-0.05, 0) is 37.0 Å². The van der Waals surface area contributed by atoms with Crippen LogP contribution >= 0.6 is 12.4 Å². The molecule has 5 nitrogen and oxygen atoms in total. The largest absolute Gasteiger partial charge is 0.461 e. The Morgan fingerprint density at radius 2 is 1.91 bits per heavy atom. The van der Waals surface area contributed by atoms with Crippen molar-refractivity contribution >= 4 is 24.1 Å². The average molecular weight is 515 g/mol. The van der Waals surface area contributed by atoms with Gasteiger partial charge in [0.15, 0.2) is 0 Å². The van der Waals surface area contributed by atoms with Crippen LogP contribution in [0.1, 0.15) is 38.7 Å². The summed E-state index contributed by atoms with van der Waals surface area (Å²) in [5, 5.41) is 11.5. The van der Waals surface area contributed by atoms with Gasteiger partial charge in [-0.3, -0.25) is 9.69 Å². The van der Waals surface area contributed by atoms with E-state index in [0.29, 0.717) is 50.7 Å². The summed E-state index contributed by atoms with van der Waals surface area (Å²) in [5.41, 5.74) is 0.824. The minimum atomic E-state index is -4.36. The van der Waals surface area contributed by atoms with Crippen molar-refractivity contribution in [1.82, 2.24) is 4.90 Å². The van der Waals surface area contributed by atoms with Crippen LogP contribution in [0.15, 0.2) is 35.9 Å². The van der Waals surface area contributed by atoms with E-state index in [1.807, 2.05) is 4.90 Å². The van der Waals surface area contributed by atoms with Crippen molar-refractivity contribution in [3.05, 3.63) is 41.5 Å². The smallest absolute Gasteiger partial charge is 0.416 e. The van der Waals surface area contributed by atoms with E-state index in [0.717, 1.165) is 18.9 Å². The molecule has 0 spiro atoms. The molecular weight excluding hydrogens is 481 g/mol. The summed E-state index contributed by atoms with van der Waals surface area (Å²) >= 11 is 0. The van der Waals surface area contributed by atoms with Crippen LogP contribution in [0.25, 0.3) is 0 Å². The van der Waals surface area contributed by atoms with Crippen LogP contribution < -0.4 is 4.90 Å². The molecule has 1 unspecified atom stereocenters. The van der Waals surface area contributed by atoms with Crippen LogP contribution in [0.2, 0.25) is 0 Å². The number of anilines is 1. The Kier molecular flexibility index (Phi) is 7.21. The predicted molar refractivity (Wildman–Crippen MR) is 129 cm³/mol. The van der Waals surface area contributed by atoms with Crippen molar-refractivity contribution in [2.75, 3.05) is 37.6 Å². The zero-order chi connectivity index (χ0) is 24.3. The van der Waals surface area contributed by atoms with E-state index in [2.05, 4.69) is 24.8 Å². The number of aliphatic hydroxyl groups excluding tert-OH is 1. The zero-order valence-electron chi connectivity index (χ0n) is 20.1. The monoisotopic (exact) mass is 514 g/mol. The Labute approximate surface area is 210 Å². The molecule has 2 aliphatic carbocycles. The Hall–Kier alpha value is -1.77. The molecule has 6 atom stereocenters. The van der Waals surface area contributed by atoms with Crippen molar-refractivity contribution in [1.29, 1.82) is 0 Å². The second kappa shape index (κ2) is 9.60. The van der Waals surface area contributed by atoms with E-state index in [-0.39, 0.29) is 41.7 Å². The van der Waals surface area contributed by atoms with E-state index in [9.17, 15) is 23.1 Å². The van der Waals surface area contributed by atoms with Gasteiger partial charge in [0.05, 0.1) is 17.6 Å². The number of rotatable bonds is 3. The number of alkyl halides is 3. The third kappa shape index (κ3) is 4.58. The SMILES string of the molecule is C[C@H]1CCC=C2C[C@H]3OC(=O)C(CN4CCN(c5cccc(C(F)(F)F)c5)CC4)[C@H]3[C@H](O)[C@@]21C.Cl. The van der Waals surface area contributed by atoms with Gasteiger partial charge in [0.25, 0.3) is 0 Å². The molecule has 1 N–H and O–H groups in total. The van der Waals surface area contributed by atoms with Crippen LogP contribution in [0.4, 0.5) is 18.9 Å². The summed E-state index contributed by atoms with van der Waals surface area (Å²) in [7, 11) is 0. The zero-order valence-corrected chi connectivity index (χ0v) is 20.9. The Morgan fingerprint density at radius 3 is 2.60 bits per heavy atom. The molecule has 2 heterocycles. The van der Waals surface area contributed by atoms with Gasteiger partial charge in [0, 0.05) is 56.2 Å². The highest BCUT2D eigenvalue weighted by molar-refractivity contribution is 5.85. The fraction of sp³-hybridized carbons (Fsp3) is 0.654. The van der Waals surface area contributed by atoms with Gasteiger partial charge in [-0.2, -0.15) is 13.2 Å². The number of esters is 1. The molecular formula is C26H34ClF3N2O3. The van der Waals surface area contributed by atoms with Crippen LogP contribution in [-0.2, 0) is 15.7 Å². The molecule has 194 valence electrons. The lowest BCUT2D eigenvalue weighted by atomic mass is 9.55. The van der Waals surface area contributed by atoms with Crippen molar-refractivity contribution < 1.29 is 27.8 Å². The van der Waals surface area contributed by atoms with Gasteiger partial charge in [0.2, 0.25) is 0 Å². The van der Waals surface area contributed by atoms with Crippen molar-refractivity contribution in [2.45, 2.75) is 51.5 Å². The fourth-order valence-corrected chi connectivity index (χ4v) is 6.62. The molecule has 1 aromatic rings. The number of carbonyl (C=O) groups excluding carboxylic acids is 1. The van der Waals surface area contributed by atoms with E-state index < -0.39 is 17.8 Å². The van der Waals surface area contributed by atoms with Crippen molar-refractivity contribution in [3.8, 4) is 0 Å². The van der Waals surface area contributed by atoms with Gasteiger partial charge in [-0.25, -0.2) is 0 Å². The highest BCUT2D eigenvalue weighted by atomic mass is 35.5. The summed E-state index contributed by atoms with van der Waals surface area (Å²) in [6.07, 6.45) is -0.296. The summed E-state index contributed by atoms with van der Waals surface area (Å²) < 4.78 is 45.0. The number of nitrogens with zero attached hydrogens (tertiary/aromatic N) is 2. The van der Waals surface area contributed by atoms with Crippen molar-refractivity contribution in [3.63, 3.8) is 0 Å². The number of piperazine rings is 1. The molecule has 9 heteroatoms. The maximum atomic E-state index is 13.1.